The maximum atomic E-state index is 13.3. The van der Waals surface area contributed by atoms with Crippen molar-refractivity contribution in [2.24, 2.45) is 0 Å². The standard InChI is InChI=1S/C14H15FN4/c1-3-19-9-11(8-17-19)14(7-16)18-13-5-10(2)4-12(15)6-13/h4-6,8-9,14,18H,3H2,1-2H3. The molecule has 1 unspecified atom stereocenters. The van der Waals surface area contributed by atoms with Crippen molar-refractivity contribution < 1.29 is 4.39 Å². The Kier molecular flexibility index (Phi) is 3.81. The summed E-state index contributed by atoms with van der Waals surface area (Å²) in [5.74, 6) is -0.316. The Morgan fingerprint density at radius 3 is 2.84 bits per heavy atom. The maximum absolute atomic E-state index is 13.3. The summed E-state index contributed by atoms with van der Waals surface area (Å²) in [7, 11) is 0. The zero-order valence-electron chi connectivity index (χ0n) is 10.9. The van der Waals surface area contributed by atoms with Crippen LogP contribution in [0.2, 0.25) is 0 Å². The predicted molar refractivity (Wildman–Crippen MR) is 71.0 cm³/mol. The zero-order valence-corrected chi connectivity index (χ0v) is 10.9. The van der Waals surface area contributed by atoms with Gasteiger partial charge in [-0.05, 0) is 37.6 Å². The van der Waals surface area contributed by atoms with Gasteiger partial charge >= 0.3 is 0 Å². The van der Waals surface area contributed by atoms with E-state index in [9.17, 15) is 9.65 Å². The summed E-state index contributed by atoms with van der Waals surface area (Å²) in [5.41, 5.74) is 2.17. The van der Waals surface area contributed by atoms with Crippen LogP contribution in [0.15, 0.2) is 30.6 Å². The predicted octanol–water partition coefficient (Wildman–Crippen LogP) is 3.03. The first-order chi connectivity index (χ1) is 9.12. The Morgan fingerprint density at radius 1 is 1.47 bits per heavy atom. The minimum atomic E-state index is -0.540. The molecule has 5 heteroatoms. The number of hydrogen-bond donors (Lipinski definition) is 1. The smallest absolute Gasteiger partial charge is 0.143 e. The van der Waals surface area contributed by atoms with E-state index in [1.807, 2.05) is 20.0 Å². The van der Waals surface area contributed by atoms with Gasteiger partial charge in [-0.25, -0.2) is 4.39 Å². The molecule has 98 valence electrons. The summed E-state index contributed by atoms with van der Waals surface area (Å²) in [6.07, 6.45) is 3.46. The van der Waals surface area contributed by atoms with E-state index in [0.29, 0.717) is 5.69 Å². The summed E-state index contributed by atoms with van der Waals surface area (Å²) in [4.78, 5) is 0. The third-order valence-corrected chi connectivity index (χ3v) is 2.79. The van der Waals surface area contributed by atoms with E-state index in [1.165, 1.54) is 12.1 Å². The highest BCUT2D eigenvalue weighted by Crippen LogP contribution is 2.20. The Hall–Kier alpha value is -2.35. The second-order valence-electron chi connectivity index (χ2n) is 4.35. The van der Waals surface area contributed by atoms with E-state index in [-0.39, 0.29) is 5.82 Å². The maximum Gasteiger partial charge on any atom is 0.143 e. The van der Waals surface area contributed by atoms with Crippen molar-refractivity contribution in [3.8, 4) is 6.07 Å². The fourth-order valence-electron chi connectivity index (χ4n) is 1.88. The summed E-state index contributed by atoms with van der Waals surface area (Å²) >= 11 is 0. The molecular weight excluding hydrogens is 243 g/mol. The average Bonchev–Trinajstić information content (AvgIpc) is 2.83. The van der Waals surface area contributed by atoms with E-state index in [2.05, 4.69) is 16.5 Å². The first-order valence-electron chi connectivity index (χ1n) is 6.08. The minimum Gasteiger partial charge on any atom is -0.366 e. The number of aryl methyl sites for hydroxylation is 2. The van der Waals surface area contributed by atoms with E-state index in [1.54, 1.807) is 16.9 Å². The minimum absolute atomic E-state index is 0.316. The molecule has 1 aromatic heterocycles. The number of halogens is 1. The van der Waals surface area contributed by atoms with Crippen LogP contribution in [0.3, 0.4) is 0 Å². The van der Waals surface area contributed by atoms with E-state index in [0.717, 1.165) is 17.7 Å². The normalized spacial score (nSPS) is 11.9. The molecule has 0 aliphatic heterocycles. The molecule has 0 saturated carbocycles. The number of rotatable bonds is 4. The van der Waals surface area contributed by atoms with Crippen molar-refractivity contribution in [2.75, 3.05) is 5.32 Å². The molecule has 2 rings (SSSR count). The highest BCUT2D eigenvalue weighted by atomic mass is 19.1. The van der Waals surface area contributed by atoms with Crippen molar-refractivity contribution in [1.29, 1.82) is 5.26 Å². The van der Waals surface area contributed by atoms with Gasteiger partial charge in [-0.2, -0.15) is 10.4 Å². The quantitative estimate of drug-likeness (QED) is 0.917. The second-order valence-corrected chi connectivity index (χ2v) is 4.35. The van der Waals surface area contributed by atoms with Gasteiger partial charge in [0.15, 0.2) is 0 Å². The molecule has 0 spiro atoms. The highest BCUT2D eigenvalue weighted by Gasteiger charge is 2.13. The molecular formula is C14H15FN4. The van der Waals surface area contributed by atoms with Gasteiger partial charge in [0.2, 0.25) is 0 Å². The molecule has 4 nitrogen and oxygen atoms in total. The SMILES string of the molecule is CCn1cc(C(C#N)Nc2cc(C)cc(F)c2)cn1. The molecule has 1 atom stereocenters. The van der Waals surface area contributed by atoms with Crippen molar-refractivity contribution >= 4 is 5.69 Å². The number of anilines is 1. The topological polar surface area (TPSA) is 53.6 Å². The lowest BCUT2D eigenvalue weighted by Crippen LogP contribution is -2.08. The number of nitrogens with one attached hydrogen (secondary N) is 1. The van der Waals surface area contributed by atoms with Gasteiger partial charge in [-0.15, -0.1) is 0 Å². The number of benzene rings is 1. The number of nitriles is 1. The van der Waals surface area contributed by atoms with Gasteiger partial charge in [0.05, 0.1) is 12.3 Å². The lowest BCUT2D eigenvalue weighted by atomic mass is 10.1. The van der Waals surface area contributed by atoms with Gasteiger partial charge in [-0.3, -0.25) is 4.68 Å². The third kappa shape index (κ3) is 3.10. The van der Waals surface area contributed by atoms with Crippen LogP contribution in [0.5, 0.6) is 0 Å². The summed E-state index contributed by atoms with van der Waals surface area (Å²) in [6.45, 7) is 4.53. The van der Waals surface area contributed by atoms with Crippen LogP contribution in [0.25, 0.3) is 0 Å². The Balaban J connectivity index is 2.21. The molecule has 0 fully saturated rings. The average molecular weight is 258 g/mol. The molecule has 1 N–H and O–H groups in total. The van der Waals surface area contributed by atoms with Gasteiger partial charge in [-0.1, -0.05) is 0 Å². The van der Waals surface area contributed by atoms with Crippen LogP contribution in [0.4, 0.5) is 10.1 Å². The third-order valence-electron chi connectivity index (χ3n) is 2.79. The van der Waals surface area contributed by atoms with E-state index < -0.39 is 6.04 Å². The lowest BCUT2D eigenvalue weighted by Gasteiger charge is -2.12. The van der Waals surface area contributed by atoms with Crippen molar-refractivity contribution in [2.45, 2.75) is 26.4 Å². The Morgan fingerprint density at radius 2 is 2.26 bits per heavy atom. The van der Waals surface area contributed by atoms with Crippen LogP contribution in [0, 0.1) is 24.1 Å². The van der Waals surface area contributed by atoms with Crippen LogP contribution < -0.4 is 5.32 Å². The van der Waals surface area contributed by atoms with E-state index >= 15 is 0 Å². The van der Waals surface area contributed by atoms with Gasteiger partial charge < -0.3 is 5.32 Å². The molecule has 0 aliphatic rings. The first kappa shape index (κ1) is 13.1. The summed E-state index contributed by atoms with van der Waals surface area (Å²) < 4.78 is 15.1. The van der Waals surface area contributed by atoms with Gasteiger partial charge in [0, 0.05) is 24.0 Å². The second kappa shape index (κ2) is 5.53. The summed E-state index contributed by atoms with van der Waals surface area (Å²) in [6, 6.07) is 6.24. The lowest BCUT2D eigenvalue weighted by molar-refractivity contribution is 0.627. The van der Waals surface area contributed by atoms with Crippen LogP contribution in [0.1, 0.15) is 24.1 Å². The number of nitrogens with zero attached hydrogens (tertiary/aromatic N) is 3. The number of aromatic nitrogens is 2. The molecule has 1 heterocycles. The van der Waals surface area contributed by atoms with Gasteiger partial charge in [0.25, 0.3) is 0 Å². The molecule has 2 aromatic rings. The Labute approximate surface area is 111 Å². The molecule has 0 radical (unpaired) electrons. The van der Waals surface area contributed by atoms with Crippen LogP contribution in [-0.2, 0) is 6.54 Å². The highest BCUT2D eigenvalue weighted by molar-refractivity contribution is 5.49. The largest absolute Gasteiger partial charge is 0.366 e. The molecule has 0 saturated heterocycles. The van der Waals surface area contributed by atoms with Gasteiger partial charge in [0.1, 0.15) is 11.9 Å². The van der Waals surface area contributed by atoms with Crippen LogP contribution in [-0.4, -0.2) is 9.78 Å². The first-order valence-corrected chi connectivity index (χ1v) is 6.08. The van der Waals surface area contributed by atoms with Crippen molar-refractivity contribution in [3.63, 3.8) is 0 Å². The van der Waals surface area contributed by atoms with Crippen LogP contribution >= 0.6 is 0 Å². The molecule has 0 bridgehead atoms. The summed E-state index contributed by atoms with van der Waals surface area (Å²) in [5, 5.41) is 16.4. The molecule has 0 amide bonds. The van der Waals surface area contributed by atoms with E-state index in [4.69, 9.17) is 0 Å². The fraction of sp³-hybridized carbons (Fsp3) is 0.286. The Bertz CT molecular complexity index is 592. The number of hydrogen-bond acceptors (Lipinski definition) is 3. The molecule has 0 aliphatic carbocycles. The molecule has 1 aromatic carbocycles. The fourth-order valence-corrected chi connectivity index (χ4v) is 1.88. The molecule has 19 heavy (non-hydrogen) atoms. The van der Waals surface area contributed by atoms with Crippen molar-refractivity contribution in [3.05, 3.63) is 47.5 Å². The monoisotopic (exact) mass is 258 g/mol. The zero-order chi connectivity index (χ0) is 13.8. The van der Waals surface area contributed by atoms with Crippen molar-refractivity contribution in [1.82, 2.24) is 9.78 Å².